The topological polar surface area (TPSA) is 87.6 Å². The van der Waals surface area contributed by atoms with E-state index in [4.69, 9.17) is 15.2 Å². The molecular weight excluding hydrogens is 272 g/mol. The quantitative estimate of drug-likeness (QED) is 0.643. The first kappa shape index (κ1) is 15.6. The molecule has 0 heterocycles. The average molecular weight is 294 g/mol. The second-order valence-electron chi connectivity index (χ2n) is 5.91. The number of nitro benzene ring substituents is 1. The highest BCUT2D eigenvalue weighted by Gasteiger charge is 2.30. The summed E-state index contributed by atoms with van der Waals surface area (Å²) < 4.78 is 11.2. The summed E-state index contributed by atoms with van der Waals surface area (Å²) in [6.07, 6.45) is 4.02. The van der Waals surface area contributed by atoms with Crippen molar-refractivity contribution >= 4 is 5.69 Å². The lowest BCUT2D eigenvalue weighted by Crippen LogP contribution is -2.42. The number of nitrogens with zero attached hydrogens (tertiary/aromatic N) is 1. The molecule has 21 heavy (non-hydrogen) atoms. The highest BCUT2D eigenvalue weighted by molar-refractivity contribution is 5.50. The summed E-state index contributed by atoms with van der Waals surface area (Å²) >= 11 is 0. The maximum absolute atomic E-state index is 11.0. The molecule has 116 valence electrons. The van der Waals surface area contributed by atoms with Crippen LogP contribution in [-0.2, 0) is 0 Å². The third kappa shape index (κ3) is 4.07. The molecule has 1 aromatic rings. The van der Waals surface area contributed by atoms with Gasteiger partial charge in [0.15, 0.2) is 0 Å². The number of hydrogen-bond acceptors (Lipinski definition) is 5. The van der Waals surface area contributed by atoms with Crippen LogP contribution in [0.5, 0.6) is 11.5 Å². The van der Waals surface area contributed by atoms with Gasteiger partial charge in [-0.2, -0.15) is 0 Å². The number of benzene rings is 1. The molecule has 1 saturated carbocycles. The molecule has 0 amide bonds. The minimum atomic E-state index is -0.455. The van der Waals surface area contributed by atoms with E-state index in [-0.39, 0.29) is 23.1 Å². The Hall–Kier alpha value is -1.82. The second kappa shape index (κ2) is 6.30. The molecule has 0 aromatic heterocycles. The van der Waals surface area contributed by atoms with Crippen molar-refractivity contribution in [3.05, 3.63) is 28.3 Å². The van der Waals surface area contributed by atoms with E-state index in [0.717, 1.165) is 25.7 Å². The van der Waals surface area contributed by atoms with Gasteiger partial charge in [0.05, 0.1) is 16.6 Å². The SMILES string of the molecule is CC(C)Oc1cc(OCC2(N)CCCC2)ccc1[N+](=O)[O-]. The monoisotopic (exact) mass is 294 g/mol. The predicted octanol–water partition coefficient (Wildman–Crippen LogP) is 3.03. The number of nitro groups is 1. The molecule has 0 unspecified atom stereocenters. The van der Waals surface area contributed by atoms with Crippen molar-refractivity contribution in [3.63, 3.8) is 0 Å². The molecule has 1 aromatic carbocycles. The van der Waals surface area contributed by atoms with Crippen molar-refractivity contribution in [2.75, 3.05) is 6.61 Å². The summed E-state index contributed by atoms with van der Waals surface area (Å²) in [6, 6.07) is 4.56. The van der Waals surface area contributed by atoms with Gasteiger partial charge in [0.25, 0.3) is 0 Å². The van der Waals surface area contributed by atoms with Crippen LogP contribution in [0, 0.1) is 10.1 Å². The van der Waals surface area contributed by atoms with Crippen molar-refractivity contribution in [1.82, 2.24) is 0 Å². The summed E-state index contributed by atoms with van der Waals surface area (Å²) in [7, 11) is 0. The second-order valence-corrected chi connectivity index (χ2v) is 5.91. The standard InChI is InChI=1S/C15H22N2O4/c1-11(2)21-14-9-12(5-6-13(14)17(18)19)20-10-15(16)7-3-4-8-15/h5-6,9,11H,3-4,7-8,10,16H2,1-2H3. The Morgan fingerprint density at radius 2 is 2.05 bits per heavy atom. The smallest absolute Gasteiger partial charge is 0.311 e. The normalized spacial score (nSPS) is 17.0. The molecule has 0 radical (unpaired) electrons. The molecule has 6 heteroatoms. The zero-order valence-electron chi connectivity index (χ0n) is 12.5. The first-order valence-electron chi connectivity index (χ1n) is 7.26. The Morgan fingerprint density at radius 3 is 2.62 bits per heavy atom. The maximum Gasteiger partial charge on any atom is 0.311 e. The van der Waals surface area contributed by atoms with Gasteiger partial charge in [-0.05, 0) is 32.8 Å². The molecule has 1 aliphatic rings. The molecule has 0 spiro atoms. The van der Waals surface area contributed by atoms with Crippen molar-refractivity contribution in [3.8, 4) is 11.5 Å². The van der Waals surface area contributed by atoms with E-state index in [1.807, 2.05) is 13.8 Å². The van der Waals surface area contributed by atoms with E-state index in [2.05, 4.69) is 0 Å². The van der Waals surface area contributed by atoms with Crippen molar-refractivity contribution in [2.24, 2.45) is 5.73 Å². The van der Waals surface area contributed by atoms with E-state index in [9.17, 15) is 10.1 Å². The third-order valence-electron chi connectivity index (χ3n) is 3.62. The molecular formula is C15H22N2O4. The molecule has 1 aliphatic carbocycles. The number of nitrogens with two attached hydrogens (primary N) is 1. The summed E-state index contributed by atoms with van der Waals surface area (Å²) in [4.78, 5) is 10.5. The van der Waals surface area contributed by atoms with Gasteiger partial charge in [-0.3, -0.25) is 10.1 Å². The third-order valence-corrected chi connectivity index (χ3v) is 3.62. The minimum absolute atomic E-state index is 0.0561. The van der Waals surface area contributed by atoms with Gasteiger partial charge in [0.1, 0.15) is 12.4 Å². The largest absolute Gasteiger partial charge is 0.492 e. The Morgan fingerprint density at radius 1 is 1.38 bits per heavy atom. The Bertz CT molecular complexity index is 510. The van der Waals surface area contributed by atoms with E-state index < -0.39 is 4.92 Å². The van der Waals surface area contributed by atoms with Crippen LogP contribution in [0.1, 0.15) is 39.5 Å². The summed E-state index contributed by atoms with van der Waals surface area (Å²) in [5.74, 6) is 0.776. The van der Waals surface area contributed by atoms with E-state index in [1.165, 1.54) is 6.07 Å². The van der Waals surface area contributed by atoms with Crippen molar-refractivity contribution in [2.45, 2.75) is 51.2 Å². The first-order valence-corrected chi connectivity index (χ1v) is 7.26. The van der Waals surface area contributed by atoms with Crippen LogP contribution in [0.15, 0.2) is 18.2 Å². The predicted molar refractivity (Wildman–Crippen MR) is 79.7 cm³/mol. The minimum Gasteiger partial charge on any atom is -0.492 e. The van der Waals surface area contributed by atoms with E-state index in [1.54, 1.807) is 12.1 Å². The Balaban J connectivity index is 2.11. The van der Waals surface area contributed by atoms with Gasteiger partial charge in [-0.15, -0.1) is 0 Å². The fourth-order valence-electron chi connectivity index (χ4n) is 2.53. The van der Waals surface area contributed by atoms with Gasteiger partial charge in [0, 0.05) is 12.1 Å². The Labute approximate surface area is 124 Å². The van der Waals surface area contributed by atoms with Crippen molar-refractivity contribution in [1.29, 1.82) is 0 Å². The lowest BCUT2D eigenvalue weighted by molar-refractivity contribution is -0.386. The average Bonchev–Trinajstić information content (AvgIpc) is 2.83. The van der Waals surface area contributed by atoms with Gasteiger partial charge >= 0.3 is 5.69 Å². The van der Waals surface area contributed by atoms with Crippen LogP contribution in [-0.4, -0.2) is 23.2 Å². The molecule has 6 nitrogen and oxygen atoms in total. The molecule has 0 atom stereocenters. The highest BCUT2D eigenvalue weighted by Crippen LogP contribution is 2.33. The number of ether oxygens (including phenoxy) is 2. The van der Waals surface area contributed by atoms with E-state index >= 15 is 0 Å². The van der Waals surface area contributed by atoms with Crippen LogP contribution in [0.4, 0.5) is 5.69 Å². The zero-order chi connectivity index (χ0) is 15.5. The molecule has 2 N–H and O–H groups in total. The van der Waals surface area contributed by atoms with Crippen LogP contribution in [0.3, 0.4) is 0 Å². The summed E-state index contributed by atoms with van der Waals surface area (Å²) in [6.45, 7) is 4.07. The molecule has 1 fully saturated rings. The number of hydrogen-bond donors (Lipinski definition) is 1. The molecule has 0 saturated heterocycles. The maximum atomic E-state index is 11.0. The van der Waals surface area contributed by atoms with E-state index in [0.29, 0.717) is 12.4 Å². The lowest BCUT2D eigenvalue weighted by atomic mass is 10.0. The zero-order valence-corrected chi connectivity index (χ0v) is 12.5. The Kier molecular flexibility index (Phi) is 4.67. The van der Waals surface area contributed by atoms with Gasteiger partial charge in [0.2, 0.25) is 5.75 Å². The van der Waals surface area contributed by atoms with Crippen LogP contribution >= 0.6 is 0 Å². The lowest BCUT2D eigenvalue weighted by Gasteiger charge is -2.23. The van der Waals surface area contributed by atoms with Gasteiger partial charge in [-0.1, -0.05) is 12.8 Å². The molecule has 0 aliphatic heterocycles. The fourth-order valence-corrected chi connectivity index (χ4v) is 2.53. The van der Waals surface area contributed by atoms with Crippen molar-refractivity contribution < 1.29 is 14.4 Å². The summed E-state index contributed by atoms with van der Waals surface area (Å²) in [5.41, 5.74) is 5.91. The molecule has 2 rings (SSSR count). The van der Waals surface area contributed by atoms with Crippen LogP contribution < -0.4 is 15.2 Å². The summed E-state index contributed by atoms with van der Waals surface area (Å²) in [5, 5.41) is 11.0. The van der Waals surface area contributed by atoms with Crippen LogP contribution in [0.25, 0.3) is 0 Å². The van der Waals surface area contributed by atoms with Gasteiger partial charge < -0.3 is 15.2 Å². The highest BCUT2D eigenvalue weighted by atomic mass is 16.6. The van der Waals surface area contributed by atoms with Gasteiger partial charge in [-0.25, -0.2) is 0 Å². The molecule has 0 bridgehead atoms. The first-order chi connectivity index (χ1) is 9.89. The van der Waals surface area contributed by atoms with Crippen LogP contribution in [0.2, 0.25) is 0 Å². The number of rotatable bonds is 6. The fraction of sp³-hybridized carbons (Fsp3) is 0.600.